The molecule has 1 heterocycles. The summed E-state index contributed by atoms with van der Waals surface area (Å²) >= 11 is 3.08. The number of benzene rings is 1. The van der Waals surface area contributed by atoms with Crippen molar-refractivity contribution in [3.8, 4) is 0 Å². The van der Waals surface area contributed by atoms with Crippen molar-refractivity contribution >= 4 is 15.9 Å². The van der Waals surface area contributed by atoms with Gasteiger partial charge in [-0.3, -0.25) is 0 Å². The Balaban J connectivity index is 2.38. The molecule has 6 heteroatoms. The minimum atomic E-state index is -4.39. The molecule has 0 fully saturated rings. The van der Waals surface area contributed by atoms with Crippen molar-refractivity contribution in [1.29, 1.82) is 0 Å². The second kappa shape index (κ2) is 6.01. The van der Waals surface area contributed by atoms with Gasteiger partial charge in [-0.05, 0) is 36.9 Å². The summed E-state index contributed by atoms with van der Waals surface area (Å²) in [5, 5.41) is 2.91. The van der Waals surface area contributed by atoms with Crippen molar-refractivity contribution in [2.45, 2.75) is 18.6 Å². The molecule has 2 aromatic rings. The SMILES string of the molecule is CNC(Cc1ccco1)c1ccc(Br)cc1C(F)(F)F. The Morgan fingerprint density at radius 2 is 2.05 bits per heavy atom. The van der Waals surface area contributed by atoms with E-state index < -0.39 is 17.8 Å². The highest BCUT2D eigenvalue weighted by atomic mass is 79.9. The van der Waals surface area contributed by atoms with E-state index >= 15 is 0 Å². The zero-order chi connectivity index (χ0) is 14.8. The van der Waals surface area contributed by atoms with Gasteiger partial charge in [-0.15, -0.1) is 0 Å². The molecular formula is C14H13BrF3NO. The van der Waals surface area contributed by atoms with Crippen LogP contribution in [0.1, 0.15) is 22.9 Å². The Morgan fingerprint density at radius 3 is 2.60 bits per heavy atom. The van der Waals surface area contributed by atoms with Crippen LogP contribution in [0.3, 0.4) is 0 Å². The third-order valence-corrected chi connectivity index (χ3v) is 3.52. The van der Waals surface area contributed by atoms with E-state index in [1.807, 2.05) is 0 Å². The number of alkyl halides is 3. The van der Waals surface area contributed by atoms with Gasteiger partial charge in [0.2, 0.25) is 0 Å². The van der Waals surface area contributed by atoms with Gasteiger partial charge in [-0.25, -0.2) is 0 Å². The molecule has 2 nitrogen and oxygen atoms in total. The molecule has 0 radical (unpaired) electrons. The predicted molar refractivity (Wildman–Crippen MR) is 73.4 cm³/mol. The van der Waals surface area contributed by atoms with E-state index in [9.17, 15) is 13.2 Å². The maximum atomic E-state index is 13.1. The molecule has 1 atom stereocenters. The molecule has 1 unspecified atom stereocenters. The van der Waals surface area contributed by atoms with Crippen LogP contribution >= 0.6 is 15.9 Å². The summed E-state index contributed by atoms with van der Waals surface area (Å²) in [6.45, 7) is 0. The second-order valence-corrected chi connectivity index (χ2v) is 5.27. The first-order chi connectivity index (χ1) is 9.41. The van der Waals surface area contributed by atoms with Crippen molar-refractivity contribution < 1.29 is 17.6 Å². The average molecular weight is 348 g/mol. The highest BCUT2D eigenvalue weighted by Gasteiger charge is 2.35. The molecule has 0 aliphatic carbocycles. The van der Waals surface area contributed by atoms with Gasteiger partial charge in [0.05, 0.1) is 11.8 Å². The number of furan rings is 1. The molecule has 20 heavy (non-hydrogen) atoms. The van der Waals surface area contributed by atoms with Crippen LogP contribution < -0.4 is 5.32 Å². The summed E-state index contributed by atoms with van der Waals surface area (Å²) in [7, 11) is 1.63. The quantitative estimate of drug-likeness (QED) is 0.876. The summed E-state index contributed by atoms with van der Waals surface area (Å²) in [5.41, 5.74) is -0.433. The summed E-state index contributed by atoms with van der Waals surface area (Å²) in [4.78, 5) is 0. The normalized spacial score (nSPS) is 13.4. The fraction of sp³-hybridized carbons (Fsp3) is 0.286. The van der Waals surface area contributed by atoms with E-state index in [2.05, 4.69) is 21.2 Å². The molecular weight excluding hydrogens is 335 g/mol. The minimum absolute atomic E-state index is 0.208. The van der Waals surface area contributed by atoms with Crippen LogP contribution in [-0.4, -0.2) is 7.05 Å². The zero-order valence-electron chi connectivity index (χ0n) is 10.7. The van der Waals surface area contributed by atoms with E-state index in [-0.39, 0.29) is 5.56 Å². The molecule has 2 rings (SSSR count). The standard InChI is InChI=1S/C14H13BrF3NO/c1-19-13(8-10-3-2-6-20-10)11-5-4-9(15)7-12(11)14(16,17)18/h2-7,13,19H,8H2,1H3. The van der Waals surface area contributed by atoms with Crippen molar-refractivity contribution in [3.05, 3.63) is 58.0 Å². The number of hydrogen-bond donors (Lipinski definition) is 1. The van der Waals surface area contributed by atoms with Crippen LogP contribution in [0, 0.1) is 0 Å². The van der Waals surface area contributed by atoms with E-state index in [0.717, 1.165) is 6.07 Å². The lowest BCUT2D eigenvalue weighted by Gasteiger charge is -2.21. The van der Waals surface area contributed by atoms with Crippen LogP contribution in [-0.2, 0) is 12.6 Å². The van der Waals surface area contributed by atoms with Gasteiger partial charge in [-0.2, -0.15) is 13.2 Å². The fourth-order valence-corrected chi connectivity index (χ4v) is 2.44. The molecule has 108 valence electrons. The molecule has 0 saturated heterocycles. The Kier molecular flexibility index (Phi) is 4.55. The molecule has 0 bridgehead atoms. The average Bonchev–Trinajstić information content (AvgIpc) is 2.88. The lowest BCUT2D eigenvalue weighted by atomic mass is 9.97. The summed E-state index contributed by atoms with van der Waals surface area (Å²) < 4.78 is 45.0. The summed E-state index contributed by atoms with van der Waals surface area (Å²) in [6, 6.07) is 7.19. The molecule has 0 amide bonds. The first kappa shape index (κ1) is 15.1. The molecule has 1 N–H and O–H groups in total. The van der Waals surface area contributed by atoms with Gasteiger partial charge < -0.3 is 9.73 Å². The van der Waals surface area contributed by atoms with E-state index in [4.69, 9.17) is 4.42 Å². The van der Waals surface area contributed by atoms with Crippen molar-refractivity contribution in [2.75, 3.05) is 7.05 Å². The monoisotopic (exact) mass is 347 g/mol. The van der Waals surface area contributed by atoms with E-state index in [1.54, 1.807) is 25.2 Å². The molecule has 1 aromatic heterocycles. The number of nitrogens with one attached hydrogen (secondary N) is 1. The highest BCUT2D eigenvalue weighted by molar-refractivity contribution is 9.10. The minimum Gasteiger partial charge on any atom is -0.469 e. The van der Waals surface area contributed by atoms with Crippen LogP contribution in [0.4, 0.5) is 13.2 Å². The molecule has 0 saturated carbocycles. The second-order valence-electron chi connectivity index (χ2n) is 4.35. The number of hydrogen-bond acceptors (Lipinski definition) is 2. The van der Waals surface area contributed by atoms with Crippen LogP contribution in [0.25, 0.3) is 0 Å². The zero-order valence-corrected chi connectivity index (χ0v) is 12.3. The summed E-state index contributed by atoms with van der Waals surface area (Å²) in [6.07, 6.45) is -2.53. The molecule has 1 aromatic carbocycles. The van der Waals surface area contributed by atoms with Gasteiger partial charge in [0.25, 0.3) is 0 Å². The Labute approximate surface area is 123 Å². The predicted octanol–water partition coefficient (Wildman–Crippen LogP) is 4.56. The van der Waals surface area contributed by atoms with Gasteiger partial charge in [-0.1, -0.05) is 22.0 Å². The third-order valence-electron chi connectivity index (χ3n) is 3.03. The Hall–Kier alpha value is -1.27. The maximum absolute atomic E-state index is 13.1. The fourth-order valence-electron chi connectivity index (χ4n) is 2.08. The molecule has 0 aliphatic rings. The maximum Gasteiger partial charge on any atom is 0.416 e. The first-order valence-corrected chi connectivity index (χ1v) is 6.77. The topological polar surface area (TPSA) is 25.2 Å². The Morgan fingerprint density at radius 1 is 1.30 bits per heavy atom. The van der Waals surface area contributed by atoms with Crippen molar-refractivity contribution in [3.63, 3.8) is 0 Å². The van der Waals surface area contributed by atoms with Crippen LogP contribution in [0.5, 0.6) is 0 Å². The largest absolute Gasteiger partial charge is 0.469 e. The highest BCUT2D eigenvalue weighted by Crippen LogP contribution is 2.37. The third kappa shape index (κ3) is 3.43. The molecule has 0 aliphatic heterocycles. The van der Waals surface area contributed by atoms with Crippen molar-refractivity contribution in [2.24, 2.45) is 0 Å². The van der Waals surface area contributed by atoms with Crippen LogP contribution in [0.2, 0.25) is 0 Å². The van der Waals surface area contributed by atoms with E-state index in [1.165, 1.54) is 12.3 Å². The Bertz CT molecular complexity index is 566. The van der Waals surface area contributed by atoms with E-state index in [0.29, 0.717) is 16.7 Å². The lowest BCUT2D eigenvalue weighted by Crippen LogP contribution is -2.22. The summed E-state index contributed by atoms with van der Waals surface area (Å²) in [5.74, 6) is 0.639. The van der Waals surface area contributed by atoms with Gasteiger partial charge in [0.1, 0.15) is 5.76 Å². The van der Waals surface area contributed by atoms with Gasteiger partial charge in [0.15, 0.2) is 0 Å². The lowest BCUT2D eigenvalue weighted by molar-refractivity contribution is -0.138. The van der Waals surface area contributed by atoms with Gasteiger partial charge in [0, 0.05) is 16.9 Å². The van der Waals surface area contributed by atoms with Crippen molar-refractivity contribution in [1.82, 2.24) is 5.32 Å². The number of rotatable bonds is 4. The van der Waals surface area contributed by atoms with Gasteiger partial charge >= 0.3 is 6.18 Å². The first-order valence-electron chi connectivity index (χ1n) is 5.98. The number of halogens is 4. The smallest absolute Gasteiger partial charge is 0.416 e. The molecule has 0 spiro atoms. The van der Waals surface area contributed by atoms with Crippen LogP contribution in [0.15, 0.2) is 45.5 Å². The number of likely N-dealkylation sites (N-methyl/N-ethyl adjacent to an activating group) is 1.